The summed E-state index contributed by atoms with van der Waals surface area (Å²) < 4.78 is 10.9. The van der Waals surface area contributed by atoms with Crippen LogP contribution in [0.1, 0.15) is 10.4 Å². The SMILES string of the molecule is Cc1sc2nc(-c3cccnc3)nc(Nc3ccc4c(c3)OCO4)c2c1C. The van der Waals surface area contributed by atoms with E-state index in [0.717, 1.165) is 38.8 Å². The maximum atomic E-state index is 5.48. The number of hydrogen-bond acceptors (Lipinski definition) is 7. The lowest BCUT2D eigenvalue weighted by molar-refractivity contribution is 0.174. The van der Waals surface area contributed by atoms with E-state index in [1.54, 1.807) is 23.7 Å². The minimum atomic E-state index is 0.254. The summed E-state index contributed by atoms with van der Waals surface area (Å²) in [5, 5.41) is 4.48. The number of benzene rings is 1. The Morgan fingerprint density at radius 2 is 1.96 bits per heavy atom. The standard InChI is InChI=1S/C20H16N4O2S/c1-11-12(2)27-20-17(11)19(23-18(24-20)13-4-3-7-21-9-13)22-14-5-6-15-16(8-14)26-10-25-15/h3-9H,10H2,1-2H3,(H,22,23,24). The highest BCUT2D eigenvalue weighted by atomic mass is 32.1. The third kappa shape index (κ3) is 2.76. The van der Waals surface area contributed by atoms with Gasteiger partial charge in [0.15, 0.2) is 17.3 Å². The van der Waals surface area contributed by atoms with Crippen LogP contribution in [0.5, 0.6) is 11.5 Å². The van der Waals surface area contributed by atoms with Gasteiger partial charge in [0.05, 0.1) is 5.39 Å². The van der Waals surface area contributed by atoms with Gasteiger partial charge in [0, 0.05) is 34.6 Å². The van der Waals surface area contributed by atoms with Crippen LogP contribution in [0.2, 0.25) is 0 Å². The molecular formula is C20H16N4O2S. The fraction of sp³-hybridized carbons (Fsp3) is 0.150. The van der Waals surface area contributed by atoms with Gasteiger partial charge in [-0.3, -0.25) is 4.98 Å². The van der Waals surface area contributed by atoms with Crippen LogP contribution in [0.25, 0.3) is 21.6 Å². The van der Waals surface area contributed by atoms with Crippen LogP contribution < -0.4 is 14.8 Å². The molecule has 0 saturated heterocycles. The van der Waals surface area contributed by atoms with Crippen molar-refractivity contribution >= 4 is 33.1 Å². The van der Waals surface area contributed by atoms with Gasteiger partial charge < -0.3 is 14.8 Å². The fourth-order valence-corrected chi connectivity index (χ4v) is 4.10. The molecule has 0 bridgehead atoms. The molecule has 6 nitrogen and oxygen atoms in total. The molecule has 1 N–H and O–H groups in total. The monoisotopic (exact) mass is 376 g/mol. The van der Waals surface area contributed by atoms with Gasteiger partial charge in [-0.15, -0.1) is 11.3 Å². The maximum absolute atomic E-state index is 5.48. The molecule has 1 aliphatic rings. The van der Waals surface area contributed by atoms with Crippen LogP contribution in [0.3, 0.4) is 0 Å². The number of aromatic nitrogens is 3. The van der Waals surface area contributed by atoms with Gasteiger partial charge >= 0.3 is 0 Å². The molecule has 0 aliphatic carbocycles. The first-order valence-electron chi connectivity index (χ1n) is 8.54. The van der Waals surface area contributed by atoms with Crippen molar-refractivity contribution < 1.29 is 9.47 Å². The van der Waals surface area contributed by atoms with Gasteiger partial charge in [-0.05, 0) is 43.7 Å². The molecule has 0 saturated carbocycles. The van der Waals surface area contributed by atoms with Crippen molar-refractivity contribution in [2.45, 2.75) is 13.8 Å². The third-order valence-electron chi connectivity index (χ3n) is 4.58. The Morgan fingerprint density at radius 3 is 2.81 bits per heavy atom. The molecule has 0 fully saturated rings. The van der Waals surface area contributed by atoms with Gasteiger partial charge in [0.2, 0.25) is 6.79 Å². The van der Waals surface area contributed by atoms with Gasteiger partial charge in [0.25, 0.3) is 0 Å². The Balaban J connectivity index is 1.65. The Kier molecular flexibility index (Phi) is 3.68. The summed E-state index contributed by atoms with van der Waals surface area (Å²) in [5.74, 6) is 2.92. The lowest BCUT2D eigenvalue weighted by Gasteiger charge is -2.10. The molecule has 5 rings (SSSR count). The van der Waals surface area contributed by atoms with Gasteiger partial charge in [0.1, 0.15) is 10.6 Å². The van der Waals surface area contributed by atoms with Crippen LogP contribution in [0.15, 0.2) is 42.7 Å². The van der Waals surface area contributed by atoms with Gasteiger partial charge in [-0.25, -0.2) is 9.97 Å². The molecule has 4 aromatic rings. The van der Waals surface area contributed by atoms with Crippen molar-refractivity contribution in [2.75, 3.05) is 12.1 Å². The average Bonchev–Trinajstić information content (AvgIpc) is 3.26. The van der Waals surface area contributed by atoms with E-state index in [1.807, 2.05) is 30.3 Å². The summed E-state index contributed by atoms with van der Waals surface area (Å²) in [6.45, 7) is 4.46. The van der Waals surface area contributed by atoms with E-state index in [1.165, 1.54) is 10.4 Å². The normalized spacial score (nSPS) is 12.5. The summed E-state index contributed by atoms with van der Waals surface area (Å²) in [7, 11) is 0. The van der Waals surface area contributed by atoms with Crippen molar-refractivity contribution in [3.05, 3.63) is 53.2 Å². The second-order valence-corrected chi connectivity index (χ2v) is 7.50. The van der Waals surface area contributed by atoms with E-state index < -0.39 is 0 Å². The lowest BCUT2D eigenvalue weighted by atomic mass is 10.2. The van der Waals surface area contributed by atoms with Crippen LogP contribution in [0.4, 0.5) is 11.5 Å². The summed E-state index contributed by atoms with van der Waals surface area (Å²) in [4.78, 5) is 16.0. The molecule has 1 aromatic carbocycles. The van der Waals surface area contributed by atoms with E-state index in [9.17, 15) is 0 Å². The maximum Gasteiger partial charge on any atom is 0.231 e. The van der Waals surface area contributed by atoms with E-state index in [2.05, 4.69) is 24.1 Å². The van der Waals surface area contributed by atoms with Crippen molar-refractivity contribution in [1.82, 2.24) is 15.0 Å². The molecule has 3 aromatic heterocycles. The zero-order chi connectivity index (χ0) is 18.4. The van der Waals surface area contributed by atoms with E-state index in [-0.39, 0.29) is 6.79 Å². The minimum Gasteiger partial charge on any atom is -0.454 e. The highest BCUT2D eigenvalue weighted by Crippen LogP contribution is 2.38. The van der Waals surface area contributed by atoms with E-state index >= 15 is 0 Å². The molecule has 1 aliphatic heterocycles. The molecule has 27 heavy (non-hydrogen) atoms. The Hall–Kier alpha value is -3.19. The molecule has 134 valence electrons. The summed E-state index contributed by atoms with van der Waals surface area (Å²) in [6.07, 6.45) is 3.52. The lowest BCUT2D eigenvalue weighted by Crippen LogP contribution is -1.99. The van der Waals surface area contributed by atoms with Crippen molar-refractivity contribution in [3.63, 3.8) is 0 Å². The third-order valence-corrected chi connectivity index (χ3v) is 5.68. The number of thiophene rings is 1. The summed E-state index contributed by atoms with van der Waals surface area (Å²) in [5.41, 5.74) is 2.97. The van der Waals surface area contributed by atoms with E-state index in [0.29, 0.717) is 5.82 Å². The number of aryl methyl sites for hydroxylation is 2. The molecular weight excluding hydrogens is 360 g/mol. The molecule has 0 amide bonds. The first kappa shape index (κ1) is 16.0. The van der Waals surface area contributed by atoms with Crippen LogP contribution in [0, 0.1) is 13.8 Å². The first-order chi connectivity index (χ1) is 13.2. The molecule has 4 heterocycles. The molecule has 0 radical (unpaired) electrons. The Labute approximate surface area is 159 Å². The number of rotatable bonds is 3. The number of nitrogens with one attached hydrogen (secondary N) is 1. The number of hydrogen-bond donors (Lipinski definition) is 1. The summed E-state index contributed by atoms with van der Waals surface area (Å²) >= 11 is 1.68. The second-order valence-electron chi connectivity index (χ2n) is 6.29. The minimum absolute atomic E-state index is 0.254. The Morgan fingerprint density at radius 1 is 1.07 bits per heavy atom. The summed E-state index contributed by atoms with van der Waals surface area (Å²) in [6, 6.07) is 9.63. The largest absolute Gasteiger partial charge is 0.454 e. The number of nitrogens with zero attached hydrogens (tertiary/aromatic N) is 3. The second kappa shape index (κ2) is 6.21. The van der Waals surface area contributed by atoms with Crippen molar-refractivity contribution in [1.29, 1.82) is 0 Å². The van der Waals surface area contributed by atoms with Crippen molar-refractivity contribution in [2.24, 2.45) is 0 Å². The van der Waals surface area contributed by atoms with Crippen LogP contribution in [-0.4, -0.2) is 21.7 Å². The first-order valence-corrected chi connectivity index (χ1v) is 9.35. The highest BCUT2D eigenvalue weighted by molar-refractivity contribution is 7.18. The molecule has 0 atom stereocenters. The Bertz CT molecular complexity index is 1160. The van der Waals surface area contributed by atoms with E-state index in [4.69, 9.17) is 19.4 Å². The molecule has 7 heteroatoms. The number of ether oxygens (including phenoxy) is 2. The zero-order valence-electron chi connectivity index (χ0n) is 14.8. The fourth-order valence-electron chi connectivity index (χ4n) is 3.08. The highest BCUT2D eigenvalue weighted by Gasteiger charge is 2.18. The number of anilines is 2. The predicted octanol–water partition coefficient (Wildman–Crippen LogP) is 4.84. The zero-order valence-corrected chi connectivity index (χ0v) is 15.6. The van der Waals surface area contributed by atoms with Crippen LogP contribution in [-0.2, 0) is 0 Å². The average molecular weight is 376 g/mol. The van der Waals surface area contributed by atoms with Crippen molar-refractivity contribution in [3.8, 4) is 22.9 Å². The van der Waals surface area contributed by atoms with Crippen LogP contribution >= 0.6 is 11.3 Å². The number of pyridine rings is 1. The number of fused-ring (bicyclic) bond motifs is 2. The quantitative estimate of drug-likeness (QED) is 0.552. The van der Waals surface area contributed by atoms with Gasteiger partial charge in [-0.1, -0.05) is 0 Å². The topological polar surface area (TPSA) is 69.2 Å². The molecule has 0 unspecified atom stereocenters. The molecule has 0 spiro atoms. The predicted molar refractivity (Wildman–Crippen MR) is 106 cm³/mol. The van der Waals surface area contributed by atoms with Gasteiger partial charge in [-0.2, -0.15) is 0 Å². The smallest absolute Gasteiger partial charge is 0.231 e.